The number of aromatic nitrogens is 2. The Morgan fingerprint density at radius 3 is 2.72 bits per heavy atom. The summed E-state index contributed by atoms with van der Waals surface area (Å²) in [4.78, 5) is 32.7. The number of thioether (sulfide) groups is 1. The third kappa shape index (κ3) is 3.97. The Morgan fingerprint density at radius 2 is 1.97 bits per heavy atom. The van der Waals surface area contributed by atoms with E-state index in [1.54, 1.807) is 11.8 Å². The molecule has 1 amide bonds. The van der Waals surface area contributed by atoms with E-state index in [1.807, 2.05) is 67.8 Å². The average molecular weight is 422 g/mol. The molecule has 0 aliphatic heterocycles. The second-order valence-electron chi connectivity index (χ2n) is 6.56. The van der Waals surface area contributed by atoms with Gasteiger partial charge in [-0.2, -0.15) is 0 Å². The number of carbonyl (C=O) groups excluding carboxylic acids is 1. The van der Waals surface area contributed by atoms with Crippen molar-refractivity contribution in [3.8, 4) is 10.4 Å². The van der Waals surface area contributed by atoms with E-state index >= 15 is 0 Å². The first-order valence-electron chi connectivity index (χ1n) is 9.04. The summed E-state index contributed by atoms with van der Waals surface area (Å²) in [6.07, 6.45) is 3.43. The zero-order valence-electron chi connectivity index (χ0n) is 16.0. The van der Waals surface area contributed by atoms with Gasteiger partial charge in [0.25, 0.3) is 5.56 Å². The van der Waals surface area contributed by atoms with Crippen molar-refractivity contribution in [2.75, 3.05) is 11.6 Å². The molecule has 0 spiro atoms. The molecule has 7 heteroatoms. The van der Waals surface area contributed by atoms with Crippen LogP contribution in [0.15, 0.2) is 70.6 Å². The SMILES string of the molecule is CSc1cccc(NC(=O)Cn2cnc3sc(-c4ccccc4)c(C)c3c2=O)c1. The predicted octanol–water partition coefficient (Wildman–Crippen LogP) is 4.79. The largest absolute Gasteiger partial charge is 0.324 e. The molecule has 0 saturated heterocycles. The molecule has 4 rings (SSSR count). The lowest BCUT2D eigenvalue weighted by molar-refractivity contribution is -0.116. The van der Waals surface area contributed by atoms with Crippen LogP contribution in [0.4, 0.5) is 5.69 Å². The molecular weight excluding hydrogens is 402 g/mol. The van der Waals surface area contributed by atoms with Crippen LogP contribution in [0.5, 0.6) is 0 Å². The molecule has 2 heterocycles. The first-order valence-corrected chi connectivity index (χ1v) is 11.1. The fourth-order valence-electron chi connectivity index (χ4n) is 3.19. The molecule has 0 unspecified atom stereocenters. The van der Waals surface area contributed by atoms with Gasteiger partial charge in [-0.1, -0.05) is 36.4 Å². The molecule has 1 N–H and O–H groups in total. The van der Waals surface area contributed by atoms with Gasteiger partial charge in [0.2, 0.25) is 5.91 Å². The van der Waals surface area contributed by atoms with Crippen LogP contribution in [0.2, 0.25) is 0 Å². The van der Waals surface area contributed by atoms with Crippen LogP contribution in [0.3, 0.4) is 0 Å². The Labute approximate surface area is 176 Å². The normalized spacial score (nSPS) is 11.0. The summed E-state index contributed by atoms with van der Waals surface area (Å²) in [6, 6.07) is 17.6. The van der Waals surface area contributed by atoms with E-state index in [0.717, 1.165) is 20.9 Å². The molecule has 2 aromatic heterocycles. The summed E-state index contributed by atoms with van der Waals surface area (Å²) < 4.78 is 1.37. The van der Waals surface area contributed by atoms with Crippen molar-refractivity contribution in [3.63, 3.8) is 0 Å². The van der Waals surface area contributed by atoms with Crippen LogP contribution >= 0.6 is 23.1 Å². The molecule has 0 radical (unpaired) electrons. The van der Waals surface area contributed by atoms with Gasteiger partial charge in [0.15, 0.2) is 0 Å². The van der Waals surface area contributed by atoms with Crippen LogP contribution in [-0.2, 0) is 11.3 Å². The maximum absolute atomic E-state index is 13.0. The number of amides is 1. The van der Waals surface area contributed by atoms with Gasteiger partial charge in [0.1, 0.15) is 11.4 Å². The van der Waals surface area contributed by atoms with Gasteiger partial charge in [-0.25, -0.2) is 4.98 Å². The highest BCUT2D eigenvalue weighted by atomic mass is 32.2. The fourth-order valence-corrected chi connectivity index (χ4v) is 4.80. The number of nitrogens with zero attached hydrogens (tertiary/aromatic N) is 2. The Balaban J connectivity index is 1.63. The standard InChI is InChI=1S/C22H19N3O2S2/c1-14-19-21(29-20(14)15-7-4-3-5-8-15)23-13-25(22(19)27)12-18(26)24-16-9-6-10-17(11-16)28-2/h3-11,13H,12H2,1-2H3,(H,24,26). The fraction of sp³-hybridized carbons (Fsp3) is 0.136. The zero-order valence-corrected chi connectivity index (χ0v) is 17.6. The molecule has 0 saturated carbocycles. The minimum atomic E-state index is -0.261. The molecule has 29 heavy (non-hydrogen) atoms. The van der Waals surface area contributed by atoms with Crippen LogP contribution in [0, 0.1) is 6.92 Å². The minimum Gasteiger partial charge on any atom is -0.324 e. The Morgan fingerprint density at radius 1 is 1.17 bits per heavy atom. The van der Waals surface area contributed by atoms with E-state index in [2.05, 4.69) is 10.3 Å². The topological polar surface area (TPSA) is 64.0 Å². The highest BCUT2D eigenvalue weighted by Crippen LogP contribution is 2.35. The van der Waals surface area contributed by atoms with Gasteiger partial charge >= 0.3 is 0 Å². The van der Waals surface area contributed by atoms with Gasteiger partial charge < -0.3 is 5.32 Å². The highest BCUT2D eigenvalue weighted by molar-refractivity contribution is 7.98. The molecule has 146 valence electrons. The predicted molar refractivity (Wildman–Crippen MR) is 121 cm³/mol. The molecule has 2 aromatic carbocycles. The van der Waals surface area contributed by atoms with E-state index in [0.29, 0.717) is 15.9 Å². The zero-order chi connectivity index (χ0) is 20.4. The summed E-state index contributed by atoms with van der Waals surface area (Å²) in [5.41, 5.74) is 2.47. The second kappa shape index (κ2) is 8.23. The number of thiophene rings is 1. The highest BCUT2D eigenvalue weighted by Gasteiger charge is 2.16. The first kappa shape index (κ1) is 19.4. The van der Waals surface area contributed by atoms with Crippen molar-refractivity contribution in [2.45, 2.75) is 18.4 Å². The number of anilines is 1. The van der Waals surface area contributed by atoms with Crippen molar-refractivity contribution in [3.05, 3.63) is 76.8 Å². The van der Waals surface area contributed by atoms with E-state index in [4.69, 9.17) is 0 Å². The van der Waals surface area contributed by atoms with Crippen molar-refractivity contribution in [1.82, 2.24) is 9.55 Å². The van der Waals surface area contributed by atoms with Crippen molar-refractivity contribution < 1.29 is 4.79 Å². The molecular formula is C22H19N3O2S2. The van der Waals surface area contributed by atoms with E-state index in [9.17, 15) is 9.59 Å². The Bertz CT molecular complexity index is 1250. The van der Waals surface area contributed by atoms with Gasteiger partial charge in [0, 0.05) is 15.5 Å². The first-order chi connectivity index (χ1) is 14.1. The smallest absolute Gasteiger partial charge is 0.262 e. The lowest BCUT2D eigenvalue weighted by atomic mass is 10.1. The summed E-state index contributed by atoms with van der Waals surface area (Å²) in [5, 5.41) is 3.43. The Kier molecular flexibility index (Phi) is 5.51. The molecule has 0 fully saturated rings. The van der Waals surface area contributed by atoms with E-state index in [1.165, 1.54) is 22.2 Å². The molecule has 0 atom stereocenters. The third-order valence-corrected chi connectivity index (χ3v) is 6.59. The molecule has 0 bridgehead atoms. The number of hydrogen-bond acceptors (Lipinski definition) is 5. The Hall–Kier alpha value is -2.90. The van der Waals surface area contributed by atoms with Gasteiger partial charge in [-0.05, 0) is 42.5 Å². The monoisotopic (exact) mass is 421 g/mol. The summed E-state index contributed by atoms with van der Waals surface area (Å²) in [5.74, 6) is -0.261. The van der Waals surface area contributed by atoms with Crippen LogP contribution in [0.25, 0.3) is 20.7 Å². The maximum atomic E-state index is 13.0. The number of carbonyl (C=O) groups is 1. The van der Waals surface area contributed by atoms with Gasteiger partial charge in [-0.15, -0.1) is 23.1 Å². The summed E-state index contributed by atoms with van der Waals surface area (Å²) >= 11 is 3.10. The quantitative estimate of drug-likeness (QED) is 0.471. The van der Waals surface area contributed by atoms with Crippen molar-refractivity contribution in [1.29, 1.82) is 0 Å². The number of benzene rings is 2. The van der Waals surface area contributed by atoms with Crippen molar-refractivity contribution in [2.24, 2.45) is 0 Å². The van der Waals surface area contributed by atoms with E-state index in [-0.39, 0.29) is 18.0 Å². The molecule has 5 nitrogen and oxygen atoms in total. The molecule has 0 aliphatic rings. The van der Waals surface area contributed by atoms with Crippen LogP contribution < -0.4 is 10.9 Å². The summed E-state index contributed by atoms with van der Waals surface area (Å²) in [6.45, 7) is 1.85. The number of rotatable bonds is 5. The molecule has 4 aromatic rings. The second-order valence-corrected chi connectivity index (χ2v) is 8.44. The van der Waals surface area contributed by atoms with E-state index < -0.39 is 0 Å². The maximum Gasteiger partial charge on any atom is 0.262 e. The average Bonchev–Trinajstić information content (AvgIpc) is 3.08. The van der Waals surface area contributed by atoms with Gasteiger partial charge in [-0.3, -0.25) is 14.2 Å². The van der Waals surface area contributed by atoms with Crippen LogP contribution in [0.1, 0.15) is 5.56 Å². The lowest BCUT2D eigenvalue weighted by Gasteiger charge is -2.08. The number of aryl methyl sites for hydroxylation is 1. The molecule has 0 aliphatic carbocycles. The third-order valence-electron chi connectivity index (χ3n) is 4.62. The lowest BCUT2D eigenvalue weighted by Crippen LogP contribution is -2.27. The van der Waals surface area contributed by atoms with Crippen molar-refractivity contribution >= 4 is 44.9 Å². The van der Waals surface area contributed by atoms with Crippen LogP contribution in [-0.4, -0.2) is 21.7 Å². The van der Waals surface area contributed by atoms with Gasteiger partial charge in [0.05, 0.1) is 11.7 Å². The number of hydrogen-bond donors (Lipinski definition) is 1. The number of fused-ring (bicyclic) bond motifs is 1. The minimum absolute atomic E-state index is 0.0821. The summed E-state index contributed by atoms with van der Waals surface area (Å²) in [7, 11) is 0. The number of nitrogens with one attached hydrogen (secondary N) is 1.